The lowest BCUT2D eigenvalue weighted by atomic mass is 9.86. The molecule has 4 heteroatoms. The molecule has 0 radical (unpaired) electrons. The first kappa shape index (κ1) is 16.8. The summed E-state index contributed by atoms with van der Waals surface area (Å²) >= 11 is 0. The highest BCUT2D eigenvalue weighted by molar-refractivity contribution is 5.77. The second-order valence-corrected chi connectivity index (χ2v) is 6.78. The van der Waals surface area contributed by atoms with Crippen LogP contribution in [0, 0.1) is 5.92 Å². The maximum Gasteiger partial charge on any atom is 0.275 e. The molecule has 4 nitrogen and oxygen atoms in total. The number of carbonyl (C=O) groups is 1. The summed E-state index contributed by atoms with van der Waals surface area (Å²) < 4.78 is 5.59. The van der Waals surface area contributed by atoms with Gasteiger partial charge in [0, 0.05) is 11.6 Å². The van der Waals surface area contributed by atoms with Gasteiger partial charge in [0.25, 0.3) is 5.91 Å². The van der Waals surface area contributed by atoms with Gasteiger partial charge in [0.2, 0.25) is 0 Å². The molecule has 1 aliphatic carbocycles. The molecule has 24 heavy (non-hydrogen) atoms. The molecule has 3 rings (SSSR count). The molecule has 1 saturated carbocycles. The summed E-state index contributed by atoms with van der Waals surface area (Å²) in [7, 11) is 0. The Kier molecular flexibility index (Phi) is 5.70. The zero-order valence-electron chi connectivity index (χ0n) is 14.3. The number of furan rings is 1. The van der Waals surface area contributed by atoms with E-state index in [9.17, 15) is 4.79 Å². The first-order valence-electron chi connectivity index (χ1n) is 8.95. The van der Waals surface area contributed by atoms with Crippen LogP contribution in [-0.4, -0.2) is 18.5 Å². The summed E-state index contributed by atoms with van der Waals surface area (Å²) in [6.45, 7) is 2.65. The van der Waals surface area contributed by atoms with Crippen molar-refractivity contribution in [3.05, 3.63) is 60.1 Å². The molecule has 1 aliphatic rings. The van der Waals surface area contributed by atoms with E-state index in [1.54, 1.807) is 6.26 Å². The fraction of sp³-hybridized carbons (Fsp3) is 0.450. The van der Waals surface area contributed by atoms with E-state index < -0.39 is 0 Å². The topological polar surface area (TPSA) is 58.9 Å². The van der Waals surface area contributed by atoms with Crippen molar-refractivity contribution in [1.29, 1.82) is 0 Å². The van der Waals surface area contributed by atoms with Crippen LogP contribution in [0.3, 0.4) is 0 Å². The Morgan fingerprint density at radius 3 is 2.71 bits per heavy atom. The van der Waals surface area contributed by atoms with Gasteiger partial charge >= 0.3 is 0 Å². The van der Waals surface area contributed by atoms with Crippen molar-refractivity contribution in [3.63, 3.8) is 0 Å². The van der Waals surface area contributed by atoms with Crippen LogP contribution < -0.4 is 10.6 Å². The summed E-state index contributed by atoms with van der Waals surface area (Å²) in [6.07, 6.45) is 6.51. The van der Waals surface area contributed by atoms with E-state index in [-0.39, 0.29) is 11.9 Å². The molecule has 1 heterocycles. The highest BCUT2D eigenvalue weighted by atomic mass is 16.3. The molecule has 0 unspecified atom stereocenters. The lowest BCUT2D eigenvalue weighted by Crippen LogP contribution is -2.88. The fourth-order valence-corrected chi connectivity index (χ4v) is 3.57. The lowest BCUT2D eigenvalue weighted by Gasteiger charge is -2.29. The number of nitrogens with one attached hydrogen (secondary N) is 1. The standard InChI is InChI=1S/C20H26N2O2/c1-15-8-5-6-11-17(15)22-19(23)14-21-20(18-12-7-13-24-18)16-9-3-2-4-10-16/h2-4,7,9-10,12-13,15,17,20-21H,5-6,8,11,14H2,1H3,(H,22,23)/p+1/t15-,17+,20+/m1/s1. The highest BCUT2D eigenvalue weighted by Gasteiger charge is 2.25. The summed E-state index contributed by atoms with van der Waals surface area (Å²) in [6, 6.07) is 14.4. The van der Waals surface area contributed by atoms with Gasteiger partial charge in [-0.2, -0.15) is 0 Å². The van der Waals surface area contributed by atoms with Gasteiger partial charge in [-0.15, -0.1) is 0 Å². The van der Waals surface area contributed by atoms with Crippen LogP contribution in [-0.2, 0) is 4.79 Å². The first-order valence-corrected chi connectivity index (χ1v) is 8.95. The van der Waals surface area contributed by atoms with Gasteiger partial charge in [-0.25, -0.2) is 0 Å². The smallest absolute Gasteiger partial charge is 0.275 e. The Hall–Kier alpha value is -2.07. The molecule has 0 saturated heterocycles. The second-order valence-electron chi connectivity index (χ2n) is 6.78. The minimum Gasteiger partial charge on any atom is -0.463 e. The average molecular weight is 327 g/mol. The van der Waals surface area contributed by atoms with Crippen molar-refractivity contribution in [1.82, 2.24) is 5.32 Å². The van der Waals surface area contributed by atoms with Crippen molar-refractivity contribution in [2.24, 2.45) is 5.92 Å². The van der Waals surface area contributed by atoms with Crippen LogP contribution in [0.15, 0.2) is 53.1 Å². The maximum absolute atomic E-state index is 12.4. The number of hydrogen-bond donors (Lipinski definition) is 2. The summed E-state index contributed by atoms with van der Waals surface area (Å²) in [5, 5.41) is 5.27. The van der Waals surface area contributed by atoms with Gasteiger partial charge in [0.05, 0.1) is 6.26 Å². The van der Waals surface area contributed by atoms with Crippen molar-refractivity contribution >= 4 is 5.91 Å². The molecule has 0 spiro atoms. The first-order chi connectivity index (χ1) is 11.7. The zero-order valence-corrected chi connectivity index (χ0v) is 14.3. The van der Waals surface area contributed by atoms with Gasteiger partial charge in [0.15, 0.2) is 18.3 Å². The predicted molar refractivity (Wildman–Crippen MR) is 93.3 cm³/mol. The number of benzene rings is 1. The molecule has 1 aromatic carbocycles. The minimum absolute atomic E-state index is 0.00993. The highest BCUT2D eigenvalue weighted by Crippen LogP contribution is 2.23. The Balaban J connectivity index is 1.60. The Bertz CT molecular complexity index is 624. The summed E-state index contributed by atoms with van der Waals surface area (Å²) in [4.78, 5) is 12.4. The molecule has 0 bridgehead atoms. The molecule has 1 fully saturated rings. The number of amides is 1. The van der Waals surface area contributed by atoms with Crippen LogP contribution >= 0.6 is 0 Å². The molecule has 2 aromatic rings. The Labute approximate surface area is 143 Å². The zero-order chi connectivity index (χ0) is 16.8. The number of rotatable bonds is 6. The minimum atomic E-state index is 0.00993. The molecule has 0 aliphatic heterocycles. The second kappa shape index (κ2) is 8.15. The van der Waals surface area contributed by atoms with Gasteiger partial charge in [-0.1, -0.05) is 50.1 Å². The Morgan fingerprint density at radius 1 is 1.21 bits per heavy atom. The summed E-state index contributed by atoms with van der Waals surface area (Å²) in [5.41, 5.74) is 1.14. The van der Waals surface area contributed by atoms with Crippen LogP contribution in [0.5, 0.6) is 0 Å². The molecular weight excluding hydrogens is 300 g/mol. The van der Waals surface area contributed by atoms with Crippen molar-refractivity contribution in [2.45, 2.75) is 44.7 Å². The third kappa shape index (κ3) is 4.26. The normalized spacial score (nSPS) is 22.0. The van der Waals surface area contributed by atoms with Crippen molar-refractivity contribution in [2.75, 3.05) is 6.54 Å². The van der Waals surface area contributed by atoms with E-state index in [0.29, 0.717) is 18.5 Å². The largest absolute Gasteiger partial charge is 0.463 e. The van der Waals surface area contributed by atoms with Gasteiger partial charge in [0.1, 0.15) is 0 Å². The molecule has 3 N–H and O–H groups in total. The molecule has 3 atom stereocenters. The van der Waals surface area contributed by atoms with E-state index in [2.05, 4.69) is 29.7 Å². The van der Waals surface area contributed by atoms with Crippen LogP contribution in [0.25, 0.3) is 0 Å². The molecular formula is C20H27N2O2+. The van der Waals surface area contributed by atoms with Gasteiger partial charge in [-0.3, -0.25) is 4.79 Å². The van der Waals surface area contributed by atoms with Gasteiger partial charge in [-0.05, 0) is 30.9 Å². The van der Waals surface area contributed by atoms with E-state index in [0.717, 1.165) is 17.7 Å². The van der Waals surface area contributed by atoms with Crippen molar-refractivity contribution < 1.29 is 14.5 Å². The third-order valence-corrected chi connectivity index (χ3v) is 5.01. The van der Waals surface area contributed by atoms with Crippen LogP contribution in [0.2, 0.25) is 0 Å². The average Bonchev–Trinajstić information content (AvgIpc) is 3.12. The van der Waals surface area contributed by atoms with Crippen LogP contribution in [0.1, 0.15) is 50.0 Å². The van der Waals surface area contributed by atoms with E-state index in [4.69, 9.17) is 4.42 Å². The van der Waals surface area contributed by atoms with Crippen molar-refractivity contribution in [3.8, 4) is 0 Å². The van der Waals surface area contributed by atoms with Gasteiger partial charge < -0.3 is 15.1 Å². The van der Waals surface area contributed by atoms with Crippen LogP contribution in [0.4, 0.5) is 0 Å². The van der Waals surface area contributed by atoms with E-state index >= 15 is 0 Å². The quantitative estimate of drug-likeness (QED) is 0.857. The third-order valence-electron chi connectivity index (χ3n) is 5.01. The monoisotopic (exact) mass is 327 g/mol. The molecule has 1 amide bonds. The van der Waals surface area contributed by atoms with E-state index in [1.807, 2.05) is 30.3 Å². The predicted octanol–water partition coefficient (Wildman–Crippen LogP) is 2.63. The fourth-order valence-electron chi connectivity index (χ4n) is 3.57. The Morgan fingerprint density at radius 2 is 2.00 bits per heavy atom. The summed E-state index contributed by atoms with van der Waals surface area (Å²) in [5.74, 6) is 1.57. The maximum atomic E-state index is 12.4. The number of nitrogens with two attached hydrogens (primary N) is 1. The number of carbonyl (C=O) groups excluding carboxylic acids is 1. The lowest BCUT2D eigenvalue weighted by molar-refractivity contribution is -0.678. The SMILES string of the molecule is C[C@@H]1CCCC[C@@H]1NC(=O)C[NH2+][C@@H](c1ccccc1)c1ccco1. The van der Waals surface area contributed by atoms with E-state index in [1.165, 1.54) is 19.3 Å². The number of hydrogen-bond acceptors (Lipinski definition) is 2. The molecule has 1 aromatic heterocycles. The molecule has 128 valence electrons. The number of quaternary nitrogens is 1.